The lowest BCUT2D eigenvalue weighted by Gasteiger charge is -2.27. The predicted octanol–water partition coefficient (Wildman–Crippen LogP) is 2.85. The van der Waals surface area contributed by atoms with Gasteiger partial charge >= 0.3 is 0 Å². The van der Waals surface area contributed by atoms with Crippen LogP contribution in [0.25, 0.3) is 0 Å². The third kappa shape index (κ3) is 2.68. The number of nitrogens with zero attached hydrogens (tertiary/aromatic N) is 1. The molecule has 94 valence electrons. The Kier molecular flexibility index (Phi) is 3.63. The Morgan fingerprint density at radius 3 is 2.50 bits per heavy atom. The number of ether oxygens (including phenoxy) is 1. The highest BCUT2D eigenvalue weighted by Gasteiger charge is 2.24. The third-order valence-corrected chi connectivity index (χ3v) is 2.84. The van der Waals surface area contributed by atoms with Crippen LogP contribution in [0.1, 0.15) is 25.1 Å². The Balaban J connectivity index is 2.28. The molecule has 0 radical (unpaired) electrons. The number of para-hydroxylation sites is 1. The number of hydrogen-bond acceptors (Lipinski definition) is 3. The molecule has 3 nitrogen and oxygen atoms in total. The van der Waals surface area contributed by atoms with E-state index in [1.807, 2.05) is 56.3 Å². The highest BCUT2D eigenvalue weighted by molar-refractivity contribution is 5.34. The van der Waals surface area contributed by atoms with Crippen molar-refractivity contribution in [2.75, 3.05) is 0 Å². The molecule has 1 aromatic carbocycles. The normalized spacial score (nSPS) is 11.3. The first-order valence-corrected chi connectivity index (χ1v) is 6.02. The molecular formula is C15H18N2O. The summed E-state index contributed by atoms with van der Waals surface area (Å²) in [6.45, 7) is 4.47. The molecule has 0 bridgehead atoms. The lowest BCUT2D eigenvalue weighted by Crippen LogP contribution is -2.27. The summed E-state index contributed by atoms with van der Waals surface area (Å²) in [4.78, 5) is 4.35. The minimum Gasteiger partial charge on any atom is -0.481 e. The molecule has 0 aliphatic rings. The zero-order valence-corrected chi connectivity index (χ0v) is 10.8. The van der Waals surface area contributed by atoms with E-state index in [-0.39, 0.29) is 0 Å². The average molecular weight is 242 g/mol. The first-order valence-electron chi connectivity index (χ1n) is 6.02. The molecule has 0 amide bonds. The van der Waals surface area contributed by atoms with Crippen molar-refractivity contribution in [3.8, 4) is 5.75 Å². The zero-order chi connectivity index (χ0) is 13.0. The summed E-state index contributed by atoms with van der Waals surface area (Å²) in [7, 11) is 0. The van der Waals surface area contributed by atoms with Crippen LogP contribution < -0.4 is 10.5 Å². The first-order chi connectivity index (χ1) is 8.63. The molecule has 18 heavy (non-hydrogen) atoms. The molecule has 0 aliphatic carbocycles. The molecule has 0 saturated heterocycles. The second kappa shape index (κ2) is 5.19. The van der Waals surface area contributed by atoms with Gasteiger partial charge in [0.05, 0.1) is 5.69 Å². The predicted molar refractivity (Wildman–Crippen MR) is 72.2 cm³/mol. The maximum absolute atomic E-state index is 6.07. The van der Waals surface area contributed by atoms with Crippen LogP contribution in [0.3, 0.4) is 0 Å². The van der Waals surface area contributed by atoms with Crippen molar-refractivity contribution in [3.05, 3.63) is 59.9 Å². The lowest BCUT2D eigenvalue weighted by atomic mass is 10.0. The van der Waals surface area contributed by atoms with Crippen molar-refractivity contribution in [2.24, 2.45) is 5.73 Å². The number of benzene rings is 1. The Morgan fingerprint density at radius 1 is 1.11 bits per heavy atom. The Bertz CT molecular complexity index is 509. The van der Waals surface area contributed by atoms with Crippen LogP contribution in [-0.2, 0) is 12.1 Å². The van der Waals surface area contributed by atoms with Gasteiger partial charge in [-0.3, -0.25) is 4.98 Å². The largest absolute Gasteiger partial charge is 0.481 e. The molecule has 1 heterocycles. The Morgan fingerprint density at radius 2 is 1.83 bits per heavy atom. The van der Waals surface area contributed by atoms with Crippen LogP contribution in [0.4, 0.5) is 0 Å². The maximum atomic E-state index is 6.07. The Labute approximate surface area is 108 Å². The monoisotopic (exact) mass is 242 g/mol. The number of hydrogen-bond donors (Lipinski definition) is 1. The fraction of sp³-hybridized carbons (Fsp3) is 0.267. The average Bonchev–Trinajstić information content (AvgIpc) is 2.40. The van der Waals surface area contributed by atoms with E-state index in [2.05, 4.69) is 4.98 Å². The molecule has 3 heteroatoms. The van der Waals surface area contributed by atoms with Gasteiger partial charge in [-0.15, -0.1) is 0 Å². The van der Waals surface area contributed by atoms with E-state index in [9.17, 15) is 0 Å². The molecule has 0 spiro atoms. The summed E-state index contributed by atoms with van der Waals surface area (Å²) < 4.78 is 6.07. The first kappa shape index (κ1) is 12.6. The van der Waals surface area contributed by atoms with Gasteiger partial charge in [0.1, 0.15) is 11.4 Å². The molecule has 0 atom stereocenters. The van der Waals surface area contributed by atoms with Crippen LogP contribution in [0, 0.1) is 0 Å². The minimum absolute atomic E-state index is 0.467. The molecule has 2 aromatic rings. The fourth-order valence-corrected chi connectivity index (χ4v) is 1.82. The molecule has 0 unspecified atom stereocenters. The summed E-state index contributed by atoms with van der Waals surface area (Å²) in [5, 5.41) is 0. The smallest absolute Gasteiger partial charge is 0.145 e. The van der Waals surface area contributed by atoms with E-state index in [0.29, 0.717) is 6.54 Å². The van der Waals surface area contributed by atoms with Crippen LogP contribution >= 0.6 is 0 Å². The van der Waals surface area contributed by atoms with Crippen molar-refractivity contribution in [3.63, 3.8) is 0 Å². The van der Waals surface area contributed by atoms with Gasteiger partial charge < -0.3 is 10.5 Å². The molecule has 0 saturated carbocycles. The molecule has 2 N–H and O–H groups in total. The molecule has 0 aliphatic heterocycles. The second-order valence-corrected chi connectivity index (χ2v) is 4.64. The van der Waals surface area contributed by atoms with E-state index in [4.69, 9.17) is 10.5 Å². The van der Waals surface area contributed by atoms with Crippen LogP contribution in [0.2, 0.25) is 0 Å². The van der Waals surface area contributed by atoms with Gasteiger partial charge in [0.15, 0.2) is 0 Å². The van der Waals surface area contributed by atoms with Crippen LogP contribution in [-0.4, -0.2) is 4.98 Å². The number of rotatable bonds is 4. The molecule has 2 rings (SSSR count). The van der Waals surface area contributed by atoms with Crippen molar-refractivity contribution in [1.82, 2.24) is 4.98 Å². The minimum atomic E-state index is -0.480. The van der Waals surface area contributed by atoms with Crippen LogP contribution in [0.5, 0.6) is 5.75 Å². The molecule has 0 fully saturated rings. The summed E-state index contributed by atoms with van der Waals surface area (Å²) in [5.74, 6) is 0.815. The van der Waals surface area contributed by atoms with E-state index in [0.717, 1.165) is 17.0 Å². The summed E-state index contributed by atoms with van der Waals surface area (Å²) >= 11 is 0. The van der Waals surface area contributed by atoms with Gasteiger partial charge in [-0.2, -0.15) is 0 Å². The highest BCUT2D eigenvalue weighted by atomic mass is 16.5. The maximum Gasteiger partial charge on any atom is 0.145 e. The van der Waals surface area contributed by atoms with Crippen molar-refractivity contribution in [2.45, 2.75) is 26.0 Å². The van der Waals surface area contributed by atoms with Gasteiger partial charge in [-0.05, 0) is 32.0 Å². The van der Waals surface area contributed by atoms with E-state index in [1.54, 1.807) is 6.20 Å². The summed E-state index contributed by atoms with van der Waals surface area (Å²) in [5.41, 5.74) is 7.13. The second-order valence-electron chi connectivity index (χ2n) is 4.64. The van der Waals surface area contributed by atoms with E-state index >= 15 is 0 Å². The zero-order valence-electron chi connectivity index (χ0n) is 10.8. The van der Waals surface area contributed by atoms with Gasteiger partial charge in [0, 0.05) is 18.3 Å². The van der Waals surface area contributed by atoms with Crippen LogP contribution in [0.15, 0.2) is 48.7 Å². The molecular weight excluding hydrogens is 224 g/mol. The lowest BCUT2D eigenvalue weighted by molar-refractivity contribution is 0.102. The summed E-state index contributed by atoms with van der Waals surface area (Å²) in [6, 6.07) is 13.6. The van der Waals surface area contributed by atoms with E-state index in [1.165, 1.54) is 0 Å². The highest BCUT2D eigenvalue weighted by Crippen LogP contribution is 2.28. The fourth-order valence-electron chi connectivity index (χ4n) is 1.82. The Hall–Kier alpha value is -1.87. The standard InChI is InChI=1S/C15H18N2O/c1-15(2,14-9-5-6-10-17-14)18-13-8-4-3-7-12(13)11-16/h3-10H,11,16H2,1-2H3. The summed E-state index contributed by atoms with van der Waals surface area (Å²) in [6.07, 6.45) is 1.77. The quantitative estimate of drug-likeness (QED) is 0.896. The van der Waals surface area contributed by atoms with Crippen molar-refractivity contribution in [1.29, 1.82) is 0 Å². The number of nitrogens with two attached hydrogens (primary N) is 1. The number of aromatic nitrogens is 1. The van der Waals surface area contributed by atoms with Gasteiger partial charge in [-0.1, -0.05) is 24.3 Å². The molecule has 1 aromatic heterocycles. The SMILES string of the molecule is CC(C)(Oc1ccccc1CN)c1ccccn1. The van der Waals surface area contributed by atoms with Gasteiger partial charge in [-0.25, -0.2) is 0 Å². The topological polar surface area (TPSA) is 48.1 Å². The van der Waals surface area contributed by atoms with Gasteiger partial charge in [0.2, 0.25) is 0 Å². The van der Waals surface area contributed by atoms with Gasteiger partial charge in [0.25, 0.3) is 0 Å². The third-order valence-electron chi connectivity index (χ3n) is 2.84. The van der Waals surface area contributed by atoms with Crippen molar-refractivity contribution < 1.29 is 4.74 Å². The number of pyridine rings is 1. The van der Waals surface area contributed by atoms with Crippen molar-refractivity contribution >= 4 is 0 Å². The van der Waals surface area contributed by atoms with E-state index < -0.39 is 5.60 Å².